The number of alkyl halides is 1. The minimum Gasteiger partial charge on any atom is -0.453 e. The van der Waals surface area contributed by atoms with E-state index in [0.29, 0.717) is 48.2 Å². The molecule has 2 aliphatic rings. The van der Waals surface area contributed by atoms with Crippen LogP contribution in [0.25, 0.3) is 11.0 Å². The number of likely N-dealkylation sites (tertiary alicyclic amines) is 1. The number of ether oxygens (including phenoxy) is 1. The number of carbonyl (C=O) groups is 1. The van der Waals surface area contributed by atoms with E-state index in [1.807, 2.05) is 21.8 Å². The summed E-state index contributed by atoms with van der Waals surface area (Å²) in [5.41, 5.74) is 1.40. The molecule has 2 N–H and O–H groups in total. The molecule has 0 amide bonds. The zero-order chi connectivity index (χ0) is 20.5. The van der Waals surface area contributed by atoms with Crippen molar-refractivity contribution in [2.75, 3.05) is 11.9 Å². The molecule has 1 saturated carbocycles. The van der Waals surface area contributed by atoms with E-state index in [0.717, 1.165) is 18.5 Å². The van der Waals surface area contributed by atoms with Crippen LogP contribution in [-0.4, -0.2) is 54.9 Å². The van der Waals surface area contributed by atoms with Crippen molar-refractivity contribution < 1.29 is 13.9 Å². The Bertz CT molecular complexity index is 1070. The molecule has 1 aliphatic heterocycles. The first kappa shape index (κ1) is 18.6. The number of hydrogen-bond acceptors (Lipinski definition) is 7. The Labute approximate surface area is 171 Å². The molecule has 30 heavy (non-hydrogen) atoms. The van der Waals surface area contributed by atoms with Gasteiger partial charge in [-0.1, -0.05) is 0 Å². The highest BCUT2D eigenvalue weighted by Gasteiger charge is 2.29. The Morgan fingerprint density at radius 1 is 1.30 bits per heavy atom. The van der Waals surface area contributed by atoms with E-state index in [-0.39, 0.29) is 6.42 Å². The third kappa shape index (κ3) is 3.85. The Kier molecular flexibility index (Phi) is 4.82. The second-order valence-electron chi connectivity index (χ2n) is 7.57. The molecule has 10 heteroatoms. The number of piperidine rings is 1. The summed E-state index contributed by atoms with van der Waals surface area (Å²) in [6, 6.07) is 2.30. The number of aldehydes is 1. The van der Waals surface area contributed by atoms with Crippen LogP contribution in [0.2, 0.25) is 0 Å². The van der Waals surface area contributed by atoms with Crippen LogP contribution in [0.3, 0.4) is 0 Å². The summed E-state index contributed by atoms with van der Waals surface area (Å²) in [6.45, 7) is 0.461. The molecule has 0 spiro atoms. The molecule has 0 radical (unpaired) electrons. The maximum absolute atomic E-state index is 14.1. The van der Waals surface area contributed by atoms with Gasteiger partial charge in [-0.3, -0.25) is 9.48 Å². The fourth-order valence-corrected chi connectivity index (χ4v) is 3.60. The summed E-state index contributed by atoms with van der Waals surface area (Å²) >= 11 is 0. The SMILES string of the molecule is O=CC=CN1CC[C@@H](F)C[C@@H]1Oc1nc(Nc2cnn(C3CC3)c2)nc2[nH]ccc12. The summed E-state index contributed by atoms with van der Waals surface area (Å²) in [5, 5.41) is 8.24. The highest BCUT2D eigenvalue weighted by atomic mass is 19.1. The first-order valence-electron chi connectivity index (χ1n) is 10.0. The van der Waals surface area contributed by atoms with Crippen LogP contribution in [0.15, 0.2) is 36.9 Å². The number of hydrogen-bond donors (Lipinski definition) is 2. The molecule has 9 nitrogen and oxygen atoms in total. The number of fused-ring (bicyclic) bond motifs is 1. The molecule has 156 valence electrons. The normalized spacial score (nSPS) is 22.0. The Morgan fingerprint density at radius 3 is 3.03 bits per heavy atom. The van der Waals surface area contributed by atoms with Gasteiger partial charge in [-0.2, -0.15) is 15.1 Å². The maximum Gasteiger partial charge on any atom is 0.232 e. The fourth-order valence-electron chi connectivity index (χ4n) is 3.60. The van der Waals surface area contributed by atoms with Gasteiger partial charge in [0.05, 0.1) is 23.3 Å². The Balaban J connectivity index is 1.41. The van der Waals surface area contributed by atoms with Gasteiger partial charge < -0.3 is 19.9 Å². The first-order chi connectivity index (χ1) is 14.7. The number of anilines is 2. The lowest BCUT2D eigenvalue weighted by molar-refractivity contribution is -0.104. The van der Waals surface area contributed by atoms with Crippen LogP contribution in [0.4, 0.5) is 16.0 Å². The van der Waals surface area contributed by atoms with E-state index >= 15 is 0 Å². The highest BCUT2D eigenvalue weighted by Crippen LogP contribution is 2.35. The number of H-pyrrole nitrogens is 1. The minimum absolute atomic E-state index is 0.191. The third-order valence-corrected chi connectivity index (χ3v) is 5.29. The quantitative estimate of drug-likeness (QED) is 0.455. The van der Waals surface area contributed by atoms with Gasteiger partial charge >= 0.3 is 0 Å². The van der Waals surface area contributed by atoms with E-state index < -0.39 is 12.4 Å². The standard InChI is InChI=1S/C20H22FN7O2/c21-13-5-8-27(7-1-9-29)17(10-13)30-19-16-4-6-22-18(16)25-20(26-19)24-14-11-23-28(12-14)15-2-3-15/h1,4,6-7,9,11-13,15,17H,2-3,5,8,10H2,(H2,22,24,25,26)/t13-,17+/m1/s1. The zero-order valence-electron chi connectivity index (χ0n) is 16.2. The molecular weight excluding hydrogens is 389 g/mol. The lowest BCUT2D eigenvalue weighted by Gasteiger charge is -2.35. The predicted octanol–water partition coefficient (Wildman–Crippen LogP) is 3.08. The molecule has 3 aromatic heterocycles. The van der Waals surface area contributed by atoms with Crippen molar-refractivity contribution in [1.29, 1.82) is 0 Å². The van der Waals surface area contributed by atoms with Gasteiger partial charge in [0.25, 0.3) is 0 Å². The molecule has 0 unspecified atom stereocenters. The van der Waals surface area contributed by atoms with Crippen molar-refractivity contribution >= 4 is 29.0 Å². The van der Waals surface area contributed by atoms with Gasteiger partial charge in [0.1, 0.15) is 18.1 Å². The molecule has 2 atom stereocenters. The molecular formula is C20H22FN7O2. The van der Waals surface area contributed by atoms with E-state index in [4.69, 9.17) is 4.74 Å². The number of rotatable bonds is 7. The largest absolute Gasteiger partial charge is 0.453 e. The topological polar surface area (TPSA) is 101 Å². The fraction of sp³-hybridized carbons (Fsp3) is 0.400. The summed E-state index contributed by atoms with van der Waals surface area (Å²) in [6.07, 6.45) is 10.5. The molecule has 4 heterocycles. The van der Waals surface area contributed by atoms with Gasteiger partial charge in [0.15, 0.2) is 6.23 Å². The van der Waals surface area contributed by atoms with Gasteiger partial charge in [-0.15, -0.1) is 0 Å². The average Bonchev–Trinajstić information content (AvgIpc) is 3.29. The number of allylic oxidation sites excluding steroid dienone is 1. The van der Waals surface area contributed by atoms with Crippen molar-refractivity contribution in [1.82, 2.24) is 29.6 Å². The smallest absolute Gasteiger partial charge is 0.232 e. The number of aromatic nitrogens is 5. The number of aromatic amines is 1. The Hall–Kier alpha value is -3.43. The first-order valence-corrected chi connectivity index (χ1v) is 10.0. The average molecular weight is 411 g/mol. The van der Waals surface area contributed by atoms with Crippen LogP contribution in [0, 0.1) is 0 Å². The summed E-state index contributed by atoms with van der Waals surface area (Å²) in [5.74, 6) is 0.708. The molecule has 2 fully saturated rings. The zero-order valence-corrected chi connectivity index (χ0v) is 16.2. The van der Waals surface area contributed by atoms with E-state index in [9.17, 15) is 9.18 Å². The minimum atomic E-state index is -0.967. The van der Waals surface area contributed by atoms with Crippen LogP contribution in [-0.2, 0) is 4.79 Å². The van der Waals surface area contributed by atoms with Crippen LogP contribution in [0.5, 0.6) is 5.88 Å². The van der Waals surface area contributed by atoms with E-state index in [1.54, 1.807) is 18.6 Å². The van der Waals surface area contributed by atoms with Crippen LogP contribution < -0.4 is 10.1 Å². The van der Waals surface area contributed by atoms with E-state index in [2.05, 4.69) is 25.4 Å². The second-order valence-corrected chi connectivity index (χ2v) is 7.57. The number of nitrogens with zero attached hydrogens (tertiary/aromatic N) is 5. The molecule has 0 bridgehead atoms. The molecule has 1 saturated heterocycles. The van der Waals surface area contributed by atoms with E-state index in [1.165, 1.54) is 6.08 Å². The van der Waals surface area contributed by atoms with Gasteiger partial charge in [0.2, 0.25) is 11.8 Å². The number of nitrogens with one attached hydrogen (secondary N) is 2. The van der Waals surface area contributed by atoms with Crippen molar-refractivity contribution in [3.63, 3.8) is 0 Å². The summed E-state index contributed by atoms with van der Waals surface area (Å²) < 4.78 is 22.1. The second kappa shape index (κ2) is 7.77. The highest BCUT2D eigenvalue weighted by molar-refractivity contribution is 5.82. The van der Waals surface area contributed by atoms with Crippen molar-refractivity contribution in [3.8, 4) is 5.88 Å². The van der Waals surface area contributed by atoms with Crippen molar-refractivity contribution in [3.05, 3.63) is 36.9 Å². The molecule has 5 rings (SSSR count). The summed E-state index contributed by atoms with van der Waals surface area (Å²) in [7, 11) is 0. The van der Waals surface area contributed by atoms with Crippen LogP contribution >= 0.6 is 0 Å². The predicted molar refractivity (Wildman–Crippen MR) is 108 cm³/mol. The monoisotopic (exact) mass is 411 g/mol. The lowest BCUT2D eigenvalue weighted by atomic mass is 10.1. The molecule has 0 aromatic carbocycles. The maximum atomic E-state index is 14.1. The Morgan fingerprint density at radius 2 is 2.20 bits per heavy atom. The van der Waals surface area contributed by atoms with Crippen molar-refractivity contribution in [2.45, 2.75) is 44.1 Å². The number of halogens is 1. The molecule has 1 aliphatic carbocycles. The summed E-state index contributed by atoms with van der Waals surface area (Å²) in [4.78, 5) is 24.6. The lowest BCUT2D eigenvalue weighted by Crippen LogP contribution is -2.43. The van der Waals surface area contributed by atoms with Crippen molar-refractivity contribution in [2.24, 2.45) is 0 Å². The van der Waals surface area contributed by atoms with Gasteiger partial charge in [-0.25, -0.2) is 4.39 Å². The third-order valence-electron chi connectivity index (χ3n) is 5.29. The van der Waals surface area contributed by atoms with Crippen LogP contribution in [0.1, 0.15) is 31.7 Å². The molecule has 3 aromatic rings. The van der Waals surface area contributed by atoms with Gasteiger partial charge in [-0.05, 0) is 31.4 Å². The van der Waals surface area contributed by atoms with Gasteiger partial charge in [0, 0.05) is 31.6 Å². The number of carbonyl (C=O) groups excluding carboxylic acids is 1.